The van der Waals surface area contributed by atoms with Crippen molar-refractivity contribution < 1.29 is 14.6 Å². The van der Waals surface area contributed by atoms with Gasteiger partial charge in [0.15, 0.2) is 0 Å². The monoisotopic (exact) mass is 160 g/mol. The standard InChI is InChI=1S/C8H16O3/c1-6(2)11-8(10)4-7(3)5-9/h6-7,9H,4-5H2,1-3H3. The largest absolute Gasteiger partial charge is 0.463 e. The number of aliphatic hydroxyl groups excluding tert-OH is 1. The molecule has 0 fully saturated rings. The molecule has 3 heteroatoms. The summed E-state index contributed by atoms with van der Waals surface area (Å²) in [4.78, 5) is 10.9. The molecule has 0 aromatic heterocycles. The van der Waals surface area contributed by atoms with Crippen LogP contribution in [-0.4, -0.2) is 23.8 Å². The fourth-order valence-corrected chi connectivity index (χ4v) is 0.660. The SMILES string of the molecule is CC(CO)CC(=O)OC(C)C. The lowest BCUT2D eigenvalue weighted by Gasteiger charge is -2.10. The summed E-state index contributed by atoms with van der Waals surface area (Å²) in [6, 6.07) is 0. The van der Waals surface area contributed by atoms with Crippen LogP contribution in [0.3, 0.4) is 0 Å². The molecule has 0 aliphatic heterocycles. The van der Waals surface area contributed by atoms with Crippen molar-refractivity contribution in [1.82, 2.24) is 0 Å². The second-order valence-corrected chi connectivity index (χ2v) is 3.03. The molecule has 11 heavy (non-hydrogen) atoms. The van der Waals surface area contributed by atoms with Crippen molar-refractivity contribution in [3.8, 4) is 0 Å². The molecule has 0 rings (SSSR count). The van der Waals surface area contributed by atoms with Gasteiger partial charge in [-0.2, -0.15) is 0 Å². The predicted molar refractivity (Wildman–Crippen MR) is 42.1 cm³/mol. The molecule has 0 aliphatic rings. The molecule has 0 heterocycles. The van der Waals surface area contributed by atoms with Crippen LogP contribution in [0.2, 0.25) is 0 Å². The Morgan fingerprint density at radius 2 is 2.00 bits per heavy atom. The molecule has 3 nitrogen and oxygen atoms in total. The van der Waals surface area contributed by atoms with Crippen molar-refractivity contribution in [1.29, 1.82) is 0 Å². The zero-order valence-corrected chi connectivity index (χ0v) is 7.33. The van der Waals surface area contributed by atoms with Crippen LogP contribution in [0.5, 0.6) is 0 Å². The minimum Gasteiger partial charge on any atom is -0.463 e. The highest BCUT2D eigenvalue weighted by Gasteiger charge is 2.09. The van der Waals surface area contributed by atoms with Gasteiger partial charge in [0.2, 0.25) is 0 Å². The molecular weight excluding hydrogens is 144 g/mol. The van der Waals surface area contributed by atoms with Gasteiger partial charge in [0.1, 0.15) is 0 Å². The van der Waals surface area contributed by atoms with Crippen LogP contribution in [0.25, 0.3) is 0 Å². The van der Waals surface area contributed by atoms with Gasteiger partial charge < -0.3 is 9.84 Å². The number of carbonyl (C=O) groups excluding carboxylic acids is 1. The van der Waals surface area contributed by atoms with Gasteiger partial charge >= 0.3 is 5.97 Å². The first-order valence-electron chi connectivity index (χ1n) is 3.86. The fraction of sp³-hybridized carbons (Fsp3) is 0.875. The lowest BCUT2D eigenvalue weighted by Crippen LogP contribution is -2.15. The lowest BCUT2D eigenvalue weighted by molar-refractivity contribution is -0.148. The average Bonchev–Trinajstić information content (AvgIpc) is 1.85. The molecule has 66 valence electrons. The fourth-order valence-electron chi connectivity index (χ4n) is 0.660. The molecule has 1 unspecified atom stereocenters. The van der Waals surface area contributed by atoms with Gasteiger partial charge in [-0.3, -0.25) is 4.79 Å². The molecule has 0 amide bonds. The first-order chi connectivity index (χ1) is 5.06. The second kappa shape index (κ2) is 5.13. The zero-order chi connectivity index (χ0) is 8.85. The number of ether oxygens (including phenoxy) is 1. The summed E-state index contributed by atoms with van der Waals surface area (Å²) in [7, 11) is 0. The summed E-state index contributed by atoms with van der Waals surface area (Å²) in [5.74, 6) is -0.234. The number of carbonyl (C=O) groups is 1. The Morgan fingerprint density at radius 3 is 2.36 bits per heavy atom. The first kappa shape index (κ1) is 10.4. The highest BCUT2D eigenvalue weighted by Crippen LogP contribution is 2.03. The minimum absolute atomic E-state index is 0.00116. The average molecular weight is 160 g/mol. The van der Waals surface area contributed by atoms with Gasteiger partial charge in [-0.05, 0) is 19.8 Å². The normalized spacial score (nSPS) is 13.2. The van der Waals surface area contributed by atoms with E-state index in [1.807, 2.05) is 20.8 Å². The van der Waals surface area contributed by atoms with Crippen LogP contribution < -0.4 is 0 Å². The van der Waals surface area contributed by atoms with Gasteiger partial charge in [-0.1, -0.05) is 6.92 Å². The van der Waals surface area contributed by atoms with Gasteiger partial charge in [-0.15, -0.1) is 0 Å². The summed E-state index contributed by atoms with van der Waals surface area (Å²) in [5.41, 5.74) is 0. The molecule has 1 N–H and O–H groups in total. The molecular formula is C8H16O3. The van der Waals surface area contributed by atoms with E-state index < -0.39 is 0 Å². The first-order valence-corrected chi connectivity index (χ1v) is 3.86. The molecule has 1 atom stereocenters. The van der Waals surface area contributed by atoms with Crippen LogP contribution in [0.15, 0.2) is 0 Å². The number of hydrogen-bond acceptors (Lipinski definition) is 3. The predicted octanol–water partition coefficient (Wildman–Crippen LogP) is 0.956. The summed E-state index contributed by atoms with van der Waals surface area (Å²) < 4.78 is 4.87. The van der Waals surface area contributed by atoms with Crippen molar-refractivity contribution in [3.05, 3.63) is 0 Å². The van der Waals surface area contributed by atoms with Crippen molar-refractivity contribution in [2.75, 3.05) is 6.61 Å². The number of esters is 1. The highest BCUT2D eigenvalue weighted by molar-refractivity contribution is 5.69. The molecule has 0 aromatic rings. The quantitative estimate of drug-likeness (QED) is 0.623. The zero-order valence-electron chi connectivity index (χ0n) is 7.33. The van der Waals surface area contributed by atoms with E-state index >= 15 is 0 Å². The molecule has 0 saturated heterocycles. The summed E-state index contributed by atoms with van der Waals surface area (Å²) in [6.07, 6.45) is 0.239. The highest BCUT2D eigenvalue weighted by atomic mass is 16.5. The van der Waals surface area contributed by atoms with E-state index in [2.05, 4.69) is 0 Å². The smallest absolute Gasteiger partial charge is 0.306 e. The summed E-state index contributed by atoms with van der Waals surface area (Å²) in [5, 5.41) is 8.61. The van der Waals surface area contributed by atoms with E-state index in [4.69, 9.17) is 9.84 Å². The van der Waals surface area contributed by atoms with E-state index in [0.29, 0.717) is 6.42 Å². The summed E-state index contributed by atoms with van der Waals surface area (Å²) >= 11 is 0. The minimum atomic E-state index is -0.235. The van der Waals surface area contributed by atoms with Crippen LogP contribution in [-0.2, 0) is 9.53 Å². The molecule has 0 radical (unpaired) electrons. The van der Waals surface area contributed by atoms with E-state index in [1.165, 1.54) is 0 Å². The van der Waals surface area contributed by atoms with Crippen molar-refractivity contribution in [3.63, 3.8) is 0 Å². The molecule has 0 saturated carbocycles. The Kier molecular flexibility index (Phi) is 4.86. The van der Waals surface area contributed by atoms with Crippen LogP contribution in [0.4, 0.5) is 0 Å². The number of hydrogen-bond donors (Lipinski definition) is 1. The van der Waals surface area contributed by atoms with E-state index in [1.54, 1.807) is 0 Å². The molecule has 0 aliphatic carbocycles. The van der Waals surface area contributed by atoms with Crippen molar-refractivity contribution in [2.24, 2.45) is 5.92 Å². The van der Waals surface area contributed by atoms with Crippen LogP contribution >= 0.6 is 0 Å². The Morgan fingerprint density at radius 1 is 1.45 bits per heavy atom. The Labute approximate surface area is 67.4 Å². The lowest BCUT2D eigenvalue weighted by atomic mass is 10.1. The summed E-state index contributed by atoms with van der Waals surface area (Å²) in [6.45, 7) is 5.46. The van der Waals surface area contributed by atoms with E-state index in [9.17, 15) is 4.79 Å². The van der Waals surface area contributed by atoms with Crippen molar-refractivity contribution >= 4 is 5.97 Å². The van der Waals surface area contributed by atoms with Crippen LogP contribution in [0.1, 0.15) is 27.2 Å². The maximum Gasteiger partial charge on any atom is 0.306 e. The third-order valence-corrected chi connectivity index (χ3v) is 1.19. The van der Waals surface area contributed by atoms with E-state index in [0.717, 1.165) is 0 Å². The Bertz CT molecular complexity index is 121. The molecule has 0 spiro atoms. The van der Waals surface area contributed by atoms with Gasteiger partial charge in [0, 0.05) is 6.61 Å². The second-order valence-electron chi connectivity index (χ2n) is 3.03. The third-order valence-electron chi connectivity index (χ3n) is 1.19. The van der Waals surface area contributed by atoms with Gasteiger partial charge in [-0.25, -0.2) is 0 Å². The van der Waals surface area contributed by atoms with E-state index in [-0.39, 0.29) is 24.6 Å². The maximum absolute atomic E-state index is 10.9. The Hall–Kier alpha value is -0.570. The number of rotatable bonds is 4. The molecule has 0 aromatic carbocycles. The third kappa shape index (κ3) is 5.85. The van der Waals surface area contributed by atoms with Crippen LogP contribution in [0, 0.1) is 5.92 Å². The van der Waals surface area contributed by atoms with Gasteiger partial charge in [0.25, 0.3) is 0 Å². The molecule has 0 bridgehead atoms. The maximum atomic E-state index is 10.9. The number of aliphatic hydroxyl groups is 1. The van der Waals surface area contributed by atoms with Gasteiger partial charge in [0.05, 0.1) is 12.5 Å². The Balaban J connectivity index is 3.52. The van der Waals surface area contributed by atoms with Crippen molar-refractivity contribution in [2.45, 2.75) is 33.3 Å². The topological polar surface area (TPSA) is 46.5 Å².